The number of oxazole rings is 1. The summed E-state index contributed by atoms with van der Waals surface area (Å²) >= 11 is 5.21. The van der Waals surface area contributed by atoms with Crippen LogP contribution >= 0.6 is 12.2 Å². The number of aromatic nitrogens is 1. The number of quaternary nitrogens is 1. The molecule has 1 heterocycles. The Morgan fingerprint density at radius 1 is 1.38 bits per heavy atom. The highest BCUT2D eigenvalue weighted by atomic mass is 32.1. The first-order valence-electron chi connectivity index (χ1n) is 5.73. The van der Waals surface area contributed by atoms with Crippen molar-refractivity contribution in [3.05, 3.63) is 29.1 Å². The van der Waals surface area contributed by atoms with Crippen LogP contribution in [0.1, 0.15) is 19.8 Å². The zero-order chi connectivity index (χ0) is 11.4. The molecule has 1 aromatic carbocycles. The zero-order valence-electron chi connectivity index (χ0n) is 9.48. The Morgan fingerprint density at radius 3 is 3.00 bits per heavy atom. The summed E-state index contributed by atoms with van der Waals surface area (Å²) in [5.41, 5.74) is 1.96. The summed E-state index contributed by atoms with van der Waals surface area (Å²) in [5, 5.41) is 2.27. The van der Waals surface area contributed by atoms with E-state index in [0.717, 1.165) is 24.3 Å². The van der Waals surface area contributed by atoms with Gasteiger partial charge in [-0.3, -0.25) is 4.57 Å². The first-order chi connectivity index (χ1) is 7.83. The van der Waals surface area contributed by atoms with Crippen molar-refractivity contribution in [2.24, 2.45) is 0 Å². The number of nitrogens with two attached hydrogens (primary N) is 1. The molecule has 2 rings (SSSR count). The second kappa shape index (κ2) is 5.27. The SMILES string of the molecule is CCCC[NH2+]Cn1c(=S)oc2ccccc21. The van der Waals surface area contributed by atoms with Crippen molar-refractivity contribution in [1.82, 2.24) is 4.57 Å². The van der Waals surface area contributed by atoms with Crippen LogP contribution in [0.15, 0.2) is 28.7 Å². The number of hydrogen-bond donors (Lipinski definition) is 1. The van der Waals surface area contributed by atoms with E-state index < -0.39 is 0 Å². The van der Waals surface area contributed by atoms with E-state index >= 15 is 0 Å². The van der Waals surface area contributed by atoms with Crippen molar-refractivity contribution in [2.45, 2.75) is 26.4 Å². The fraction of sp³-hybridized carbons (Fsp3) is 0.417. The average Bonchev–Trinajstić information content (AvgIpc) is 2.61. The largest absolute Gasteiger partial charge is 0.429 e. The highest BCUT2D eigenvalue weighted by molar-refractivity contribution is 7.71. The third-order valence-electron chi connectivity index (χ3n) is 2.65. The minimum atomic E-state index is 0.564. The molecule has 0 saturated heterocycles. The van der Waals surface area contributed by atoms with E-state index in [1.54, 1.807) is 0 Å². The summed E-state index contributed by atoms with van der Waals surface area (Å²) < 4.78 is 7.56. The van der Waals surface area contributed by atoms with E-state index in [9.17, 15) is 0 Å². The molecule has 0 aliphatic carbocycles. The molecule has 2 aromatic rings. The Hall–Kier alpha value is -1.13. The lowest BCUT2D eigenvalue weighted by Gasteiger charge is -2.01. The van der Waals surface area contributed by atoms with Gasteiger partial charge < -0.3 is 9.73 Å². The minimum Gasteiger partial charge on any atom is -0.429 e. The van der Waals surface area contributed by atoms with Crippen LogP contribution in [0.5, 0.6) is 0 Å². The molecule has 0 aliphatic heterocycles. The lowest BCUT2D eigenvalue weighted by atomic mass is 10.3. The summed E-state index contributed by atoms with van der Waals surface area (Å²) in [5.74, 6) is 0. The summed E-state index contributed by atoms with van der Waals surface area (Å²) in [6, 6.07) is 7.97. The number of fused-ring (bicyclic) bond motifs is 1. The monoisotopic (exact) mass is 237 g/mol. The quantitative estimate of drug-likeness (QED) is 0.639. The summed E-state index contributed by atoms with van der Waals surface area (Å²) in [6.07, 6.45) is 2.47. The first-order valence-corrected chi connectivity index (χ1v) is 6.14. The summed E-state index contributed by atoms with van der Waals surface area (Å²) in [7, 11) is 0. The topological polar surface area (TPSA) is 34.7 Å². The van der Waals surface area contributed by atoms with Crippen LogP contribution in [0.4, 0.5) is 0 Å². The number of hydrogen-bond acceptors (Lipinski definition) is 2. The Labute approximate surface area is 100 Å². The van der Waals surface area contributed by atoms with Crippen LogP contribution in [0.2, 0.25) is 0 Å². The van der Waals surface area contributed by atoms with E-state index in [0.29, 0.717) is 4.84 Å². The minimum absolute atomic E-state index is 0.564. The fourth-order valence-electron chi connectivity index (χ4n) is 1.76. The third kappa shape index (κ3) is 2.33. The molecule has 0 aliphatic rings. The Kier molecular flexibility index (Phi) is 3.74. The van der Waals surface area contributed by atoms with Crippen LogP contribution in [-0.2, 0) is 6.67 Å². The molecule has 0 unspecified atom stereocenters. The number of para-hydroxylation sites is 2. The highest BCUT2D eigenvalue weighted by Gasteiger charge is 2.05. The van der Waals surface area contributed by atoms with Gasteiger partial charge in [-0.15, -0.1) is 0 Å². The molecule has 4 heteroatoms. The lowest BCUT2D eigenvalue weighted by Crippen LogP contribution is -2.83. The molecule has 0 saturated carbocycles. The summed E-state index contributed by atoms with van der Waals surface area (Å²) in [4.78, 5) is 0.564. The average molecular weight is 237 g/mol. The molecule has 0 bridgehead atoms. The molecular weight excluding hydrogens is 220 g/mol. The summed E-state index contributed by atoms with van der Waals surface area (Å²) in [6.45, 7) is 4.18. The number of unbranched alkanes of at least 4 members (excludes halogenated alkanes) is 1. The van der Waals surface area contributed by atoms with Gasteiger partial charge in [-0.05, 0) is 30.8 Å². The Balaban J connectivity index is 2.16. The van der Waals surface area contributed by atoms with Gasteiger partial charge in [0.15, 0.2) is 12.3 Å². The highest BCUT2D eigenvalue weighted by Crippen LogP contribution is 2.15. The molecular formula is C12H17N2OS+. The predicted molar refractivity (Wildman–Crippen MR) is 66.7 cm³/mol. The zero-order valence-corrected chi connectivity index (χ0v) is 10.3. The van der Waals surface area contributed by atoms with Gasteiger partial charge in [0.1, 0.15) is 0 Å². The van der Waals surface area contributed by atoms with Crippen molar-refractivity contribution in [2.75, 3.05) is 6.54 Å². The van der Waals surface area contributed by atoms with Gasteiger partial charge in [-0.2, -0.15) is 0 Å². The molecule has 86 valence electrons. The molecule has 0 spiro atoms. The van der Waals surface area contributed by atoms with Crippen LogP contribution in [0.3, 0.4) is 0 Å². The molecule has 16 heavy (non-hydrogen) atoms. The lowest BCUT2D eigenvalue weighted by molar-refractivity contribution is -0.683. The normalized spacial score (nSPS) is 11.1. The maximum atomic E-state index is 5.51. The van der Waals surface area contributed by atoms with E-state index in [2.05, 4.69) is 12.2 Å². The van der Waals surface area contributed by atoms with Gasteiger partial charge in [-0.1, -0.05) is 25.5 Å². The maximum Gasteiger partial charge on any atom is 0.274 e. The molecule has 1 aromatic heterocycles. The van der Waals surface area contributed by atoms with E-state index in [4.69, 9.17) is 16.6 Å². The van der Waals surface area contributed by atoms with Gasteiger partial charge in [-0.25, -0.2) is 0 Å². The Bertz CT molecular complexity index is 515. The van der Waals surface area contributed by atoms with Gasteiger partial charge in [0, 0.05) is 0 Å². The first kappa shape index (κ1) is 11.4. The smallest absolute Gasteiger partial charge is 0.274 e. The van der Waals surface area contributed by atoms with E-state index in [1.807, 2.05) is 28.8 Å². The van der Waals surface area contributed by atoms with Crippen molar-refractivity contribution in [3.8, 4) is 0 Å². The van der Waals surface area contributed by atoms with Crippen molar-refractivity contribution in [1.29, 1.82) is 0 Å². The molecule has 0 radical (unpaired) electrons. The van der Waals surface area contributed by atoms with Crippen LogP contribution in [0.25, 0.3) is 11.1 Å². The molecule has 0 amide bonds. The second-order valence-electron chi connectivity index (χ2n) is 3.88. The van der Waals surface area contributed by atoms with Crippen molar-refractivity contribution in [3.63, 3.8) is 0 Å². The van der Waals surface area contributed by atoms with E-state index in [1.165, 1.54) is 12.8 Å². The standard InChI is InChI=1S/C12H16N2OS/c1-2-3-8-13-9-14-10-6-4-5-7-11(10)15-12(14)16/h4-7,13H,2-3,8-9H2,1H3/p+1. The van der Waals surface area contributed by atoms with Crippen molar-refractivity contribution >= 4 is 23.3 Å². The van der Waals surface area contributed by atoms with Gasteiger partial charge >= 0.3 is 0 Å². The molecule has 0 fully saturated rings. The molecule has 0 atom stereocenters. The fourth-order valence-corrected chi connectivity index (χ4v) is 2.02. The molecule has 3 nitrogen and oxygen atoms in total. The maximum absolute atomic E-state index is 5.51. The van der Waals surface area contributed by atoms with Crippen LogP contribution in [-0.4, -0.2) is 11.1 Å². The Morgan fingerprint density at radius 2 is 2.19 bits per heavy atom. The number of rotatable bonds is 5. The molecule has 2 N–H and O–H groups in total. The van der Waals surface area contributed by atoms with Gasteiger partial charge in [0.25, 0.3) is 4.84 Å². The second-order valence-corrected chi connectivity index (χ2v) is 4.23. The van der Waals surface area contributed by atoms with Crippen molar-refractivity contribution < 1.29 is 9.73 Å². The van der Waals surface area contributed by atoms with E-state index in [-0.39, 0.29) is 0 Å². The van der Waals surface area contributed by atoms with Crippen LogP contribution < -0.4 is 5.32 Å². The van der Waals surface area contributed by atoms with Gasteiger partial charge in [0.2, 0.25) is 0 Å². The van der Waals surface area contributed by atoms with Gasteiger partial charge in [0.05, 0.1) is 12.1 Å². The van der Waals surface area contributed by atoms with Crippen LogP contribution in [0, 0.1) is 4.84 Å². The predicted octanol–water partition coefficient (Wildman–Crippen LogP) is 2.28. The number of benzene rings is 1. The number of nitrogens with zero attached hydrogens (tertiary/aromatic N) is 1. The third-order valence-corrected chi connectivity index (χ3v) is 2.95.